The standard InChI is InChI=1S/C14H23N5O3S/c1-11-10-22-8-7-18(11)13-9-14(16-12(2)15-13)19-6-4-5-17(3)23(19,20)21/h9,11H,4-8,10H2,1-3H3/t11-/m1/s1. The Morgan fingerprint density at radius 3 is 2.70 bits per heavy atom. The molecule has 8 nitrogen and oxygen atoms in total. The zero-order valence-corrected chi connectivity index (χ0v) is 14.6. The lowest BCUT2D eigenvalue weighted by molar-refractivity contribution is 0.0985. The van der Waals surface area contributed by atoms with Crippen molar-refractivity contribution in [2.45, 2.75) is 26.3 Å². The summed E-state index contributed by atoms with van der Waals surface area (Å²) < 4.78 is 33.3. The van der Waals surface area contributed by atoms with E-state index < -0.39 is 10.2 Å². The Bertz CT molecular complexity index is 681. The SMILES string of the molecule is Cc1nc(N2CCOC[C@H]2C)cc(N2CCCN(C)S2(=O)=O)n1. The van der Waals surface area contributed by atoms with Crippen LogP contribution >= 0.6 is 0 Å². The minimum atomic E-state index is -3.50. The molecule has 0 amide bonds. The average molecular weight is 341 g/mol. The van der Waals surface area contributed by atoms with Gasteiger partial charge in [0.25, 0.3) is 0 Å². The van der Waals surface area contributed by atoms with Gasteiger partial charge < -0.3 is 9.64 Å². The quantitative estimate of drug-likeness (QED) is 0.775. The summed E-state index contributed by atoms with van der Waals surface area (Å²) in [6, 6.07) is 1.97. The second-order valence-electron chi connectivity index (χ2n) is 6.00. The summed E-state index contributed by atoms with van der Waals surface area (Å²) in [4.78, 5) is 11.0. The summed E-state index contributed by atoms with van der Waals surface area (Å²) in [7, 11) is -1.90. The van der Waals surface area contributed by atoms with Gasteiger partial charge in [0.05, 0.1) is 19.3 Å². The molecule has 0 saturated carbocycles. The van der Waals surface area contributed by atoms with Crippen LogP contribution < -0.4 is 9.21 Å². The van der Waals surface area contributed by atoms with E-state index in [1.54, 1.807) is 20.0 Å². The zero-order chi connectivity index (χ0) is 16.6. The molecule has 3 heterocycles. The first-order valence-electron chi connectivity index (χ1n) is 7.83. The van der Waals surface area contributed by atoms with Crippen LogP contribution in [0.15, 0.2) is 6.07 Å². The molecule has 1 aromatic heterocycles. The highest BCUT2D eigenvalue weighted by Crippen LogP contribution is 2.26. The number of ether oxygens (including phenoxy) is 1. The van der Waals surface area contributed by atoms with Gasteiger partial charge >= 0.3 is 10.2 Å². The van der Waals surface area contributed by atoms with Crippen molar-refractivity contribution in [1.82, 2.24) is 14.3 Å². The monoisotopic (exact) mass is 341 g/mol. The molecule has 0 spiro atoms. The lowest BCUT2D eigenvalue weighted by Crippen LogP contribution is -2.48. The third kappa shape index (κ3) is 3.13. The number of anilines is 2. The molecule has 9 heteroatoms. The maximum Gasteiger partial charge on any atom is 0.305 e. The van der Waals surface area contributed by atoms with Crippen LogP contribution in [0, 0.1) is 6.92 Å². The highest BCUT2D eigenvalue weighted by molar-refractivity contribution is 7.90. The van der Waals surface area contributed by atoms with Gasteiger partial charge in [0.1, 0.15) is 17.5 Å². The number of aryl methyl sites for hydroxylation is 1. The predicted molar refractivity (Wildman–Crippen MR) is 87.9 cm³/mol. The molecule has 1 aromatic rings. The topological polar surface area (TPSA) is 78.9 Å². The highest BCUT2D eigenvalue weighted by atomic mass is 32.2. The van der Waals surface area contributed by atoms with Crippen LogP contribution in [0.3, 0.4) is 0 Å². The van der Waals surface area contributed by atoms with Crippen molar-refractivity contribution in [1.29, 1.82) is 0 Å². The van der Waals surface area contributed by atoms with Gasteiger partial charge in [0, 0.05) is 32.7 Å². The maximum absolute atomic E-state index is 12.5. The molecule has 0 aliphatic carbocycles. The van der Waals surface area contributed by atoms with Crippen LogP contribution in [-0.4, -0.2) is 68.6 Å². The molecule has 2 aliphatic rings. The average Bonchev–Trinajstić information content (AvgIpc) is 2.49. The third-order valence-electron chi connectivity index (χ3n) is 4.23. The molecule has 0 N–H and O–H groups in total. The van der Waals surface area contributed by atoms with E-state index in [0.29, 0.717) is 37.9 Å². The Balaban J connectivity index is 1.97. The molecule has 23 heavy (non-hydrogen) atoms. The van der Waals surface area contributed by atoms with Crippen LogP contribution in [0.25, 0.3) is 0 Å². The first-order valence-corrected chi connectivity index (χ1v) is 9.23. The molecule has 0 radical (unpaired) electrons. The van der Waals surface area contributed by atoms with E-state index in [9.17, 15) is 8.42 Å². The van der Waals surface area contributed by atoms with Gasteiger partial charge in [0.15, 0.2) is 0 Å². The first kappa shape index (κ1) is 16.4. The van der Waals surface area contributed by atoms with E-state index in [-0.39, 0.29) is 6.04 Å². The van der Waals surface area contributed by atoms with E-state index in [4.69, 9.17) is 4.74 Å². The number of morpholine rings is 1. The van der Waals surface area contributed by atoms with Crippen molar-refractivity contribution in [3.8, 4) is 0 Å². The Morgan fingerprint density at radius 2 is 1.96 bits per heavy atom. The van der Waals surface area contributed by atoms with Gasteiger partial charge in [-0.2, -0.15) is 12.7 Å². The molecule has 0 bridgehead atoms. The van der Waals surface area contributed by atoms with Crippen LogP contribution in [0.5, 0.6) is 0 Å². The highest BCUT2D eigenvalue weighted by Gasteiger charge is 2.33. The van der Waals surface area contributed by atoms with E-state index >= 15 is 0 Å². The molecule has 2 saturated heterocycles. The third-order valence-corrected chi connectivity index (χ3v) is 6.13. The summed E-state index contributed by atoms with van der Waals surface area (Å²) in [5.41, 5.74) is 0. The van der Waals surface area contributed by atoms with Crippen molar-refractivity contribution in [2.24, 2.45) is 0 Å². The van der Waals surface area contributed by atoms with Crippen LogP contribution in [0.2, 0.25) is 0 Å². The number of rotatable bonds is 2. The lowest BCUT2D eigenvalue weighted by Gasteiger charge is -2.36. The normalized spacial score (nSPS) is 25.6. The fourth-order valence-corrected chi connectivity index (χ4v) is 4.33. The summed E-state index contributed by atoms with van der Waals surface area (Å²) >= 11 is 0. The van der Waals surface area contributed by atoms with E-state index in [0.717, 1.165) is 18.8 Å². The maximum atomic E-state index is 12.5. The van der Waals surface area contributed by atoms with Crippen LogP contribution in [0.4, 0.5) is 11.6 Å². The Hall–Kier alpha value is -1.45. The van der Waals surface area contributed by atoms with E-state index in [2.05, 4.69) is 21.8 Å². The Morgan fingerprint density at radius 1 is 1.22 bits per heavy atom. The first-order chi connectivity index (χ1) is 10.9. The van der Waals surface area contributed by atoms with Crippen molar-refractivity contribution in [3.05, 3.63) is 11.9 Å². The van der Waals surface area contributed by atoms with Gasteiger partial charge in [0.2, 0.25) is 0 Å². The van der Waals surface area contributed by atoms with Gasteiger partial charge in [-0.05, 0) is 20.3 Å². The number of hydrogen-bond donors (Lipinski definition) is 0. The summed E-state index contributed by atoms with van der Waals surface area (Å²) in [6.07, 6.45) is 0.780. The summed E-state index contributed by atoms with van der Waals surface area (Å²) in [5.74, 6) is 1.77. The van der Waals surface area contributed by atoms with E-state index in [1.165, 1.54) is 8.61 Å². The molecule has 2 fully saturated rings. The van der Waals surface area contributed by atoms with Gasteiger partial charge in [-0.1, -0.05) is 0 Å². The second-order valence-corrected chi connectivity index (χ2v) is 7.96. The smallest absolute Gasteiger partial charge is 0.305 e. The molecule has 2 aliphatic heterocycles. The Kier molecular flexibility index (Phi) is 4.43. The molecule has 1 atom stereocenters. The molecular formula is C14H23N5O3S. The minimum Gasteiger partial charge on any atom is -0.377 e. The van der Waals surface area contributed by atoms with Gasteiger partial charge in [-0.15, -0.1) is 0 Å². The van der Waals surface area contributed by atoms with Crippen LogP contribution in [0.1, 0.15) is 19.2 Å². The zero-order valence-electron chi connectivity index (χ0n) is 13.8. The fraction of sp³-hybridized carbons (Fsp3) is 0.714. The summed E-state index contributed by atoms with van der Waals surface area (Å²) in [6.45, 7) is 6.87. The summed E-state index contributed by atoms with van der Waals surface area (Å²) in [5, 5.41) is 0. The number of aromatic nitrogens is 2. The van der Waals surface area contributed by atoms with E-state index in [1.807, 2.05) is 0 Å². The Labute approximate surface area is 137 Å². The molecule has 3 rings (SSSR count). The van der Waals surface area contributed by atoms with Crippen molar-refractivity contribution < 1.29 is 13.2 Å². The van der Waals surface area contributed by atoms with Crippen molar-refractivity contribution in [3.63, 3.8) is 0 Å². The molecule has 0 aromatic carbocycles. The van der Waals surface area contributed by atoms with Crippen molar-refractivity contribution >= 4 is 21.8 Å². The number of nitrogens with zero attached hydrogens (tertiary/aromatic N) is 5. The lowest BCUT2D eigenvalue weighted by atomic mass is 10.2. The van der Waals surface area contributed by atoms with Gasteiger partial charge in [-0.25, -0.2) is 14.3 Å². The largest absolute Gasteiger partial charge is 0.377 e. The second kappa shape index (κ2) is 6.21. The minimum absolute atomic E-state index is 0.200. The van der Waals surface area contributed by atoms with Crippen LogP contribution in [-0.2, 0) is 14.9 Å². The van der Waals surface area contributed by atoms with Crippen molar-refractivity contribution in [2.75, 3.05) is 49.1 Å². The number of hydrogen-bond acceptors (Lipinski definition) is 6. The predicted octanol–water partition coefficient (Wildman–Crippen LogP) is 0.397. The fourth-order valence-electron chi connectivity index (χ4n) is 2.95. The van der Waals surface area contributed by atoms with Gasteiger partial charge in [-0.3, -0.25) is 0 Å². The molecule has 128 valence electrons. The molecular weight excluding hydrogens is 318 g/mol. The molecule has 0 unspecified atom stereocenters.